The molecule has 36 heavy (non-hydrogen) atoms. The first-order valence-electron chi connectivity index (χ1n) is 12.0. The van der Waals surface area contributed by atoms with Crippen LogP contribution in [0.1, 0.15) is 34.7 Å². The predicted molar refractivity (Wildman–Crippen MR) is 143 cm³/mol. The summed E-state index contributed by atoms with van der Waals surface area (Å²) in [6.07, 6.45) is 0.687. The molecule has 0 saturated carbocycles. The number of nitrogens with zero attached hydrogens (tertiary/aromatic N) is 3. The van der Waals surface area contributed by atoms with Crippen molar-refractivity contribution < 1.29 is 9.53 Å². The summed E-state index contributed by atoms with van der Waals surface area (Å²) in [7, 11) is 0. The van der Waals surface area contributed by atoms with E-state index in [1.54, 1.807) is 0 Å². The number of para-hydroxylation sites is 1. The zero-order chi connectivity index (χ0) is 24.3. The van der Waals surface area contributed by atoms with Crippen LogP contribution in [0, 0.1) is 0 Å². The molecule has 7 rings (SSSR count). The Labute approximate surface area is 217 Å². The van der Waals surface area contributed by atoms with Gasteiger partial charge in [0, 0.05) is 16.5 Å². The van der Waals surface area contributed by atoms with Gasteiger partial charge in [0.1, 0.15) is 5.75 Å². The molecule has 0 N–H and O–H groups in total. The maximum atomic E-state index is 14.5. The molecule has 176 valence electrons. The normalized spacial score (nSPS) is 21.6. The topological polar surface area (TPSA) is 45.1 Å². The Morgan fingerprint density at radius 2 is 1.64 bits per heavy atom. The minimum absolute atomic E-state index is 0.121. The summed E-state index contributed by atoms with van der Waals surface area (Å²) in [4.78, 5) is 16.3. The van der Waals surface area contributed by atoms with E-state index in [4.69, 9.17) is 9.84 Å². The van der Waals surface area contributed by atoms with Crippen LogP contribution >= 0.6 is 15.9 Å². The van der Waals surface area contributed by atoms with Gasteiger partial charge in [-0.15, -0.1) is 0 Å². The fourth-order valence-corrected chi connectivity index (χ4v) is 5.95. The fraction of sp³-hybridized carbons (Fsp3) is 0.133. The molecule has 0 aromatic heterocycles. The van der Waals surface area contributed by atoms with Gasteiger partial charge in [0.15, 0.2) is 0 Å². The highest BCUT2D eigenvalue weighted by atomic mass is 79.9. The van der Waals surface area contributed by atoms with Crippen LogP contribution in [0.5, 0.6) is 5.75 Å². The van der Waals surface area contributed by atoms with E-state index in [9.17, 15) is 4.79 Å². The summed E-state index contributed by atoms with van der Waals surface area (Å²) in [6, 6.07) is 34.0. The molecule has 1 amide bonds. The molecule has 0 aliphatic carbocycles. The number of benzene rings is 4. The van der Waals surface area contributed by atoms with Crippen molar-refractivity contribution in [1.29, 1.82) is 0 Å². The van der Waals surface area contributed by atoms with Crippen LogP contribution in [-0.4, -0.2) is 16.6 Å². The smallest absolute Gasteiger partial charge is 0.306 e. The van der Waals surface area contributed by atoms with Crippen molar-refractivity contribution in [2.45, 2.75) is 24.7 Å². The Bertz CT molecular complexity index is 1520. The largest absolute Gasteiger partial charge is 0.453 e. The molecule has 0 bridgehead atoms. The third kappa shape index (κ3) is 3.07. The third-order valence-corrected chi connectivity index (χ3v) is 7.70. The number of hydrogen-bond acceptors (Lipinski definition) is 4. The second-order valence-corrected chi connectivity index (χ2v) is 10.2. The highest BCUT2D eigenvalue weighted by Crippen LogP contribution is 2.56. The van der Waals surface area contributed by atoms with Crippen LogP contribution in [0.2, 0.25) is 0 Å². The van der Waals surface area contributed by atoms with Gasteiger partial charge in [-0.25, -0.2) is 5.01 Å². The summed E-state index contributed by atoms with van der Waals surface area (Å²) in [5.74, 6) is 0.595. The summed E-state index contributed by atoms with van der Waals surface area (Å²) in [5.41, 5.74) is 4.40. The van der Waals surface area contributed by atoms with Crippen LogP contribution in [-0.2, 0) is 17.1 Å². The molecule has 4 aromatic rings. The minimum atomic E-state index is -1.37. The molecule has 1 spiro atoms. The molecule has 2 atom stereocenters. The highest BCUT2D eigenvalue weighted by Gasteiger charge is 2.63. The molecule has 0 radical (unpaired) electrons. The van der Waals surface area contributed by atoms with E-state index in [0.29, 0.717) is 18.7 Å². The van der Waals surface area contributed by atoms with Gasteiger partial charge >= 0.3 is 5.72 Å². The van der Waals surface area contributed by atoms with Crippen LogP contribution < -0.4 is 9.64 Å². The lowest BCUT2D eigenvalue weighted by Gasteiger charge is -2.44. The second kappa shape index (κ2) is 8.07. The number of hydrogen-bond donors (Lipinski definition) is 0. The molecular formula is C30H22BrN3O2. The Morgan fingerprint density at radius 3 is 2.44 bits per heavy atom. The van der Waals surface area contributed by atoms with Gasteiger partial charge in [-0.05, 0) is 35.4 Å². The minimum Gasteiger partial charge on any atom is -0.453 e. The predicted octanol–water partition coefficient (Wildman–Crippen LogP) is 6.39. The molecule has 3 heterocycles. The Hall–Kier alpha value is -3.90. The van der Waals surface area contributed by atoms with Crippen LogP contribution in [0.3, 0.4) is 0 Å². The van der Waals surface area contributed by atoms with E-state index < -0.39 is 5.72 Å². The van der Waals surface area contributed by atoms with Gasteiger partial charge in [0.05, 0.1) is 29.5 Å². The number of fused-ring (bicyclic) bond motifs is 6. The number of anilines is 1. The van der Waals surface area contributed by atoms with Crippen molar-refractivity contribution in [1.82, 2.24) is 5.01 Å². The molecule has 5 nitrogen and oxygen atoms in total. The number of rotatable bonds is 3. The molecule has 0 saturated heterocycles. The first kappa shape index (κ1) is 21.4. The Kier molecular flexibility index (Phi) is 4.79. The van der Waals surface area contributed by atoms with E-state index in [1.807, 2.05) is 94.8 Å². The van der Waals surface area contributed by atoms with Crippen molar-refractivity contribution in [3.8, 4) is 5.75 Å². The maximum absolute atomic E-state index is 14.5. The van der Waals surface area contributed by atoms with Gasteiger partial charge in [-0.3, -0.25) is 4.79 Å². The zero-order valence-corrected chi connectivity index (χ0v) is 20.9. The SMILES string of the molecule is O=C1N(Cc2ccccc2)c2ccccc2C12Oc1ccc(Br)cc1C1CC(c3ccccc3)=NN12. The quantitative estimate of drug-likeness (QED) is 0.305. The van der Waals surface area contributed by atoms with E-state index in [1.165, 1.54) is 0 Å². The van der Waals surface area contributed by atoms with Gasteiger partial charge in [-0.2, -0.15) is 5.10 Å². The maximum Gasteiger partial charge on any atom is 0.306 e. The van der Waals surface area contributed by atoms with Crippen molar-refractivity contribution in [2.24, 2.45) is 5.10 Å². The summed E-state index contributed by atoms with van der Waals surface area (Å²) < 4.78 is 7.72. The molecule has 3 aliphatic rings. The Balaban J connectivity index is 1.42. The lowest BCUT2D eigenvalue weighted by Crippen LogP contribution is -2.57. The number of hydrazone groups is 1. The molecule has 4 aromatic carbocycles. The highest BCUT2D eigenvalue weighted by molar-refractivity contribution is 9.10. The third-order valence-electron chi connectivity index (χ3n) is 7.21. The number of ether oxygens (including phenoxy) is 1. The van der Waals surface area contributed by atoms with Crippen LogP contribution in [0.4, 0.5) is 5.69 Å². The summed E-state index contributed by atoms with van der Waals surface area (Å²) in [5, 5.41) is 7.01. The molecular weight excluding hydrogens is 514 g/mol. The standard InChI is InChI=1S/C30H22BrN3O2/c31-22-15-16-28-23(17-22)27-18-25(21-11-5-2-6-12-21)32-34(27)30(36-28)24-13-7-8-14-26(24)33(29(30)35)19-20-9-3-1-4-10-20/h1-17,27H,18-19H2. The molecule has 6 heteroatoms. The zero-order valence-electron chi connectivity index (χ0n) is 19.3. The number of carbonyl (C=O) groups is 1. The first-order chi connectivity index (χ1) is 17.6. The van der Waals surface area contributed by atoms with E-state index in [2.05, 4.69) is 34.1 Å². The first-order valence-corrected chi connectivity index (χ1v) is 12.8. The van der Waals surface area contributed by atoms with Crippen molar-refractivity contribution in [3.05, 3.63) is 130 Å². The number of carbonyl (C=O) groups excluding carboxylic acids is 1. The lowest BCUT2D eigenvalue weighted by molar-refractivity contribution is -0.164. The summed E-state index contributed by atoms with van der Waals surface area (Å²) in [6.45, 7) is 0.461. The fourth-order valence-electron chi connectivity index (χ4n) is 5.57. The van der Waals surface area contributed by atoms with E-state index in [-0.39, 0.29) is 11.9 Å². The average Bonchev–Trinajstić information content (AvgIpc) is 3.47. The monoisotopic (exact) mass is 535 g/mol. The van der Waals surface area contributed by atoms with Crippen LogP contribution in [0.15, 0.2) is 113 Å². The number of halogens is 1. The lowest BCUT2D eigenvalue weighted by atomic mass is 9.92. The Morgan fingerprint density at radius 1 is 0.917 bits per heavy atom. The van der Waals surface area contributed by atoms with Gasteiger partial charge < -0.3 is 9.64 Å². The number of amides is 1. The van der Waals surface area contributed by atoms with Gasteiger partial charge in [0.2, 0.25) is 0 Å². The van der Waals surface area contributed by atoms with Crippen molar-refractivity contribution >= 4 is 33.2 Å². The average molecular weight is 536 g/mol. The van der Waals surface area contributed by atoms with E-state index >= 15 is 0 Å². The van der Waals surface area contributed by atoms with Crippen molar-refractivity contribution in [3.63, 3.8) is 0 Å². The van der Waals surface area contributed by atoms with Crippen LogP contribution in [0.25, 0.3) is 0 Å². The van der Waals surface area contributed by atoms with Crippen molar-refractivity contribution in [2.75, 3.05) is 4.90 Å². The van der Waals surface area contributed by atoms with Gasteiger partial charge in [-0.1, -0.05) is 94.8 Å². The second-order valence-electron chi connectivity index (χ2n) is 9.30. The van der Waals surface area contributed by atoms with Gasteiger partial charge in [0.25, 0.3) is 5.91 Å². The molecule has 0 fully saturated rings. The summed E-state index contributed by atoms with van der Waals surface area (Å²) >= 11 is 3.62. The molecule has 3 aliphatic heterocycles. The van der Waals surface area contributed by atoms with E-state index in [0.717, 1.165) is 38.1 Å². The molecule has 2 unspecified atom stereocenters.